The topological polar surface area (TPSA) is 98.7 Å². The fourth-order valence-corrected chi connectivity index (χ4v) is 2.69. The zero-order chi connectivity index (χ0) is 17.5. The van der Waals surface area contributed by atoms with Gasteiger partial charge in [0.15, 0.2) is 0 Å². The molecule has 2 rings (SSSR count). The summed E-state index contributed by atoms with van der Waals surface area (Å²) in [5.41, 5.74) is 1.45. The lowest BCUT2D eigenvalue weighted by molar-refractivity contribution is -0.143. The Bertz CT molecular complexity index is 600. The number of carbonyl (C=O) groups is 3. The second-order valence-corrected chi connectivity index (χ2v) is 5.84. The average Bonchev–Trinajstić information content (AvgIpc) is 2.60. The van der Waals surface area contributed by atoms with Crippen LogP contribution in [0.15, 0.2) is 24.3 Å². The third kappa shape index (κ3) is 4.71. The van der Waals surface area contributed by atoms with E-state index in [2.05, 4.69) is 10.6 Å². The zero-order valence-electron chi connectivity index (χ0n) is 13.7. The summed E-state index contributed by atoms with van der Waals surface area (Å²) in [7, 11) is 0. The van der Waals surface area contributed by atoms with Crippen LogP contribution in [0.25, 0.3) is 0 Å². The molecule has 24 heavy (non-hydrogen) atoms. The van der Waals surface area contributed by atoms with Gasteiger partial charge in [0.25, 0.3) is 5.91 Å². The number of aliphatic carboxylic acids is 1. The highest BCUT2D eigenvalue weighted by atomic mass is 16.4. The summed E-state index contributed by atoms with van der Waals surface area (Å²) in [6.45, 7) is 3.59. The first-order chi connectivity index (χ1) is 11.5. The number of carboxylic acid groups (broad SMARTS) is 1. The molecule has 130 valence electrons. The van der Waals surface area contributed by atoms with Crippen molar-refractivity contribution in [2.24, 2.45) is 5.92 Å². The standard InChI is InChI=1S/C17H23N3O4/c1-2-18-15(21)13-7-5-12(6-8-13)10-19-17(24)20-9-3-4-14(11-20)16(22)23/h5-8,14H,2-4,9-11H2,1H3,(H,18,21)(H,19,24)(H,22,23). The van der Waals surface area contributed by atoms with Gasteiger partial charge in [-0.3, -0.25) is 9.59 Å². The van der Waals surface area contributed by atoms with Gasteiger partial charge in [0.2, 0.25) is 0 Å². The lowest BCUT2D eigenvalue weighted by atomic mass is 9.99. The van der Waals surface area contributed by atoms with Gasteiger partial charge in [-0.15, -0.1) is 0 Å². The third-order valence-corrected chi connectivity index (χ3v) is 4.06. The molecule has 1 atom stereocenters. The Balaban J connectivity index is 1.85. The molecule has 1 heterocycles. The summed E-state index contributed by atoms with van der Waals surface area (Å²) in [5, 5.41) is 14.6. The summed E-state index contributed by atoms with van der Waals surface area (Å²) in [6, 6.07) is 6.76. The minimum absolute atomic E-state index is 0.124. The van der Waals surface area contributed by atoms with Gasteiger partial charge in [-0.2, -0.15) is 0 Å². The number of carboxylic acids is 1. The van der Waals surface area contributed by atoms with Gasteiger partial charge in [-0.05, 0) is 37.5 Å². The van der Waals surface area contributed by atoms with Gasteiger partial charge < -0.3 is 20.6 Å². The first-order valence-electron chi connectivity index (χ1n) is 8.14. The number of carbonyl (C=O) groups excluding carboxylic acids is 2. The summed E-state index contributed by atoms with van der Waals surface area (Å²) < 4.78 is 0. The Morgan fingerprint density at radius 3 is 2.54 bits per heavy atom. The second kappa shape index (κ2) is 8.33. The van der Waals surface area contributed by atoms with Crippen molar-refractivity contribution in [3.63, 3.8) is 0 Å². The number of nitrogens with zero attached hydrogens (tertiary/aromatic N) is 1. The Hall–Kier alpha value is -2.57. The van der Waals surface area contributed by atoms with Crippen LogP contribution in [0.3, 0.4) is 0 Å². The van der Waals surface area contributed by atoms with Crippen molar-refractivity contribution < 1.29 is 19.5 Å². The molecule has 0 radical (unpaired) electrons. The Morgan fingerprint density at radius 1 is 1.21 bits per heavy atom. The SMILES string of the molecule is CCNC(=O)c1ccc(CNC(=O)N2CCCC(C(=O)O)C2)cc1. The molecule has 7 heteroatoms. The van der Waals surface area contributed by atoms with E-state index < -0.39 is 11.9 Å². The number of piperidine rings is 1. The number of hydrogen-bond donors (Lipinski definition) is 3. The van der Waals surface area contributed by atoms with Crippen LogP contribution in [-0.4, -0.2) is 47.5 Å². The van der Waals surface area contributed by atoms with Gasteiger partial charge in [0, 0.05) is 31.7 Å². The quantitative estimate of drug-likeness (QED) is 0.759. The van der Waals surface area contributed by atoms with Gasteiger partial charge in [0.1, 0.15) is 0 Å². The predicted molar refractivity (Wildman–Crippen MR) is 88.6 cm³/mol. The molecule has 0 saturated carbocycles. The molecule has 7 nitrogen and oxygen atoms in total. The first-order valence-corrected chi connectivity index (χ1v) is 8.14. The van der Waals surface area contributed by atoms with Crippen molar-refractivity contribution in [2.75, 3.05) is 19.6 Å². The fraction of sp³-hybridized carbons (Fsp3) is 0.471. The van der Waals surface area contributed by atoms with Crippen molar-refractivity contribution in [2.45, 2.75) is 26.3 Å². The number of urea groups is 1. The molecule has 0 spiro atoms. The van der Waals surface area contributed by atoms with E-state index in [9.17, 15) is 14.4 Å². The summed E-state index contributed by atoms with van der Waals surface area (Å²) >= 11 is 0. The van der Waals surface area contributed by atoms with E-state index in [0.29, 0.717) is 38.0 Å². The van der Waals surface area contributed by atoms with Crippen molar-refractivity contribution >= 4 is 17.9 Å². The van der Waals surface area contributed by atoms with Crippen molar-refractivity contribution in [1.82, 2.24) is 15.5 Å². The molecule has 3 amide bonds. The van der Waals surface area contributed by atoms with E-state index >= 15 is 0 Å². The van der Waals surface area contributed by atoms with Crippen LogP contribution in [0.2, 0.25) is 0 Å². The summed E-state index contributed by atoms with van der Waals surface area (Å²) in [5.74, 6) is -1.46. The van der Waals surface area contributed by atoms with Gasteiger partial charge >= 0.3 is 12.0 Å². The smallest absolute Gasteiger partial charge is 0.317 e. The molecule has 1 aromatic carbocycles. The predicted octanol–water partition coefficient (Wildman–Crippen LogP) is 1.44. The minimum Gasteiger partial charge on any atom is -0.481 e. The van der Waals surface area contributed by atoms with Crippen LogP contribution in [0.4, 0.5) is 4.79 Å². The van der Waals surface area contributed by atoms with Crippen LogP contribution in [0.1, 0.15) is 35.7 Å². The highest BCUT2D eigenvalue weighted by molar-refractivity contribution is 5.94. The lowest BCUT2D eigenvalue weighted by Crippen LogP contribution is -2.46. The van der Waals surface area contributed by atoms with Gasteiger partial charge in [-0.25, -0.2) is 4.79 Å². The molecule has 0 bridgehead atoms. The lowest BCUT2D eigenvalue weighted by Gasteiger charge is -2.30. The first kappa shape index (κ1) is 17.8. The van der Waals surface area contributed by atoms with Crippen LogP contribution < -0.4 is 10.6 Å². The molecule has 0 aliphatic carbocycles. The van der Waals surface area contributed by atoms with Crippen LogP contribution in [-0.2, 0) is 11.3 Å². The zero-order valence-corrected chi connectivity index (χ0v) is 13.7. The monoisotopic (exact) mass is 333 g/mol. The van der Waals surface area contributed by atoms with Crippen molar-refractivity contribution in [1.29, 1.82) is 0 Å². The number of amides is 3. The summed E-state index contributed by atoms with van der Waals surface area (Å²) in [6.07, 6.45) is 1.31. The third-order valence-electron chi connectivity index (χ3n) is 4.06. The van der Waals surface area contributed by atoms with Gasteiger partial charge in [-0.1, -0.05) is 12.1 Å². The molecule has 3 N–H and O–H groups in total. The molecule has 1 aliphatic heterocycles. The molecular weight excluding hydrogens is 310 g/mol. The fourth-order valence-electron chi connectivity index (χ4n) is 2.69. The van der Waals surface area contributed by atoms with Crippen LogP contribution in [0, 0.1) is 5.92 Å². The highest BCUT2D eigenvalue weighted by Crippen LogP contribution is 2.16. The second-order valence-electron chi connectivity index (χ2n) is 5.84. The number of rotatable bonds is 5. The van der Waals surface area contributed by atoms with Gasteiger partial charge in [0.05, 0.1) is 5.92 Å². The molecule has 1 aliphatic rings. The molecule has 0 aromatic heterocycles. The largest absolute Gasteiger partial charge is 0.481 e. The van der Waals surface area contributed by atoms with Crippen molar-refractivity contribution in [3.05, 3.63) is 35.4 Å². The Morgan fingerprint density at radius 2 is 1.92 bits per heavy atom. The van der Waals surface area contributed by atoms with E-state index in [1.807, 2.05) is 6.92 Å². The molecule has 1 aromatic rings. The molecular formula is C17H23N3O4. The number of likely N-dealkylation sites (tertiary alicyclic amines) is 1. The maximum absolute atomic E-state index is 12.2. The van der Waals surface area contributed by atoms with E-state index in [4.69, 9.17) is 5.11 Å². The van der Waals surface area contributed by atoms with Crippen molar-refractivity contribution in [3.8, 4) is 0 Å². The Kier molecular flexibility index (Phi) is 6.17. The highest BCUT2D eigenvalue weighted by Gasteiger charge is 2.27. The van der Waals surface area contributed by atoms with E-state index in [1.165, 1.54) is 0 Å². The minimum atomic E-state index is -0.853. The van der Waals surface area contributed by atoms with E-state index in [-0.39, 0.29) is 18.5 Å². The summed E-state index contributed by atoms with van der Waals surface area (Å²) in [4.78, 5) is 36.4. The maximum Gasteiger partial charge on any atom is 0.317 e. The Labute approximate surface area is 141 Å². The average molecular weight is 333 g/mol. The number of hydrogen-bond acceptors (Lipinski definition) is 3. The molecule has 1 saturated heterocycles. The number of nitrogens with one attached hydrogen (secondary N) is 2. The normalized spacial score (nSPS) is 17.2. The number of benzene rings is 1. The van der Waals surface area contributed by atoms with Crippen LogP contribution in [0.5, 0.6) is 0 Å². The molecule has 1 fully saturated rings. The van der Waals surface area contributed by atoms with E-state index in [1.54, 1.807) is 29.2 Å². The molecule has 1 unspecified atom stereocenters. The maximum atomic E-state index is 12.2. The van der Waals surface area contributed by atoms with Crippen LogP contribution >= 0.6 is 0 Å². The van der Waals surface area contributed by atoms with E-state index in [0.717, 1.165) is 5.56 Å².